The lowest BCUT2D eigenvalue weighted by molar-refractivity contribution is 0.0528. The van der Waals surface area contributed by atoms with E-state index < -0.39 is 0 Å². The van der Waals surface area contributed by atoms with Gasteiger partial charge in [0.2, 0.25) is 6.71 Å². The molecular weight excluding hydrogens is 467 g/mol. The molecule has 2 nitrogen and oxygen atoms in total. The van der Waals surface area contributed by atoms with Gasteiger partial charge in [0.1, 0.15) is 0 Å². The molecule has 4 heterocycles. The third-order valence-electron chi connectivity index (χ3n) is 9.99. The Morgan fingerprint density at radius 3 is 2.59 bits per heavy atom. The van der Waals surface area contributed by atoms with E-state index >= 15 is 0 Å². The van der Waals surface area contributed by atoms with E-state index in [4.69, 9.17) is 0 Å². The quantitative estimate of drug-likeness (QED) is 0.483. The lowest BCUT2D eigenvalue weighted by atomic mass is 9.25. The van der Waals surface area contributed by atoms with Crippen LogP contribution >= 0.6 is 11.8 Å². The van der Waals surface area contributed by atoms with E-state index in [2.05, 4.69) is 108 Å². The highest BCUT2D eigenvalue weighted by atomic mass is 32.2. The van der Waals surface area contributed by atoms with Crippen LogP contribution in [-0.4, -0.2) is 49.1 Å². The molecule has 0 aliphatic carbocycles. The molecule has 37 heavy (non-hydrogen) atoms. The van der Waals surface area contributed by atoms with Crippen LogP contribution in [0.2, 0.25) is 5.82 Å². The Kier molecular flexibility index (Phi) is 6.47. The Morgan fingerprint density at radius 2 is 1.73 bits per heavy atom. The molecule has 3 aromatic rings. The minimum atomic E-state index is 0.0284. The van der Waals surface area contributed by atoms with Gasteiger partial charge in [-0.25, -0.2) is 0 Å². The fourth-order valence-corrected chi connectivity index (χ4v) is 10.3. The van der Waals surface area contributed by atoms with Crippen molar-refractivity contribution in [3.63, 3.8) is 0 Å². The fraction of sp³-hybridized carbons (Fsp3) is 0.455. The molecule has 4 aliphatic heterocycles. The molecule has 5 atom stereocenters. The van der Waals surface area contributed by atoms with Crippen molar-refractivity contribution < 1.29 is 0 Å². The van der Waals surface area contributed by atoms with Gasteiger partial charge in [0, 0.05) is 28.1 Å². The number of piperidine rings is 2. The van der Waals surface area contributed by atoms with Gasteiger partial charge in [-0.15, -0.1) is 11.8 Å². The summed E-state index contributed by atoms with van der Waals surface area (Å²) in [5.41, 5.74) is 6.37. The van der Waals surface area contributed by atoms with Crippen molar-refractivity contribution in [2.24, 2.45) is 5.92 Å². The van der Waals surface area contributed by atoms with Gasteiger partial charge in [-0.2, -0.15) is 0 Å². The lowest BCUT2D eigenvalue weighted by Crippen LogP contribution is -2.72. The molecular formula is C33H39BN2S. The minimum Gasteiger partial charge on any atom is -0.316 e. The van der Waals surface area contributed by atoms with Crippen molar-refractivity contribution in [1.82, 2.24) is 10.2 Å². The van der Waals surface area contributed by atoms with E-state index in [1.165, 1.54) is 50.7 Å². The summed E-state index contributed by atoms with van der Waals surface area (Å²) in [6.07, 6.45) is 6.46. The van der Waals surface area contributed by atoms with Crippen LogP contribution in [0, 0.1) is 5.92 Å². The average Bonchev–Trinajstić information content (AvgIpc) is 2.96. The molecule has 0 aromatic heterocycles. The van der Waals surface area contributed by atoms with Crippen LogP contribution in [0.3, 0.4) is 0 Å². The normalized spacial score (nSPS) is 30.8. The van der Waals surface area contributed by atoms with E-state index in [9.17, 15) is 0 Å². The first-order valence-electron chi connectivity index (χ1n) is 14.7. The Morgan fingerprint density at radius 1 is 0.946 bits per heavy atom. The van der Waals surface area contributed by atoms with Gasteiger partial charge in [0.25, 0.3) is 0 Å². The summed E-state index contributed by atoms with van der Waals surface area (Å²) in [5, 5.41) is 4.56. The number of nitrogens with zero attached hydrogens (tertiary/aromatic N) is 1. The van der Waals surface area contributed by atoms with Gasteiger partial charge in [0.15, 0.2) is 0 Å². The molecule has 0 radical (unpaired) electrons. The standard InChI is InChI=1S/C33H39BN2S/c1-2-3-21-36-22-11-17-29-32(36)33(25-14-7-9-16-28(25)34(29)24-12-5-4-6-13-24)26-15-8-10-18-30(26)37-31-19-20-35-23-27(31)33/h4-10,12-16,18,27,29,31-32,35H,2-3,11,17,19-23H2,1H3. The predicted molar refractivity (Wildman–Crippen MR) is 159 cm³/mol. The number of thioether (sulfide) groups is 1. The largest absolute Gasteiger partial charge is 0.316 e. The second-order valence-electron chi connectivity index (χ2n) is 11.7. The number of hydrogen-bond acceptors (Lipinski definition) is 3. The number of likely N-dealkylation sites (tertiary alicyclic amines) is 1. The third-order valence-corrected chi connectivity index (χ3v) is 11.5. The van der Waals surface area contributed by atoms with E-state index in [0.29, 0.717) is 29.7 Å². The Balaban J connectivity index is 1.54. The average molecular weight is 507 g/mol. The molecule has 1 spiro atoms. The molecule has 4 heteroatoms. The monoisotopic (exact) mass is 506 g/mol. The molecule has 2 saturated heterocycles. The van der Waals surface area contributed by atoms with Crippen molar-refractivity contribution in [2.45, 2.75) is 66.4 Å². The molecule has 5 unspecified atom stereocenters. The predicted octanol–water partition coefficient (Wildman–Crippen LogP) is 5.31. The zero-order valence-electron chi connectivity index (χ0n) is 22.1. The molecule has 0 saturated carbocycles. The molecule has 0 amide bonds. The van der Waals surface area contributed by atoms with E-state index in [1.807, 2.05) is 0 Å². The SMILES string of the molecule is CCCCN1CCCC2B(c3ccccc3)c3ccccc3C3(c4ccccc4SC4CCNCC43)C21. The zero-order valence-corrected chi connectivity index (χ0v) is 22.9. The summed E-state index contributed by atoms with van der Waals surface area (Å²) in [6.45, 7) is 7.56. The van der Waals surface area contributed by atoms with E-state index in [-0.39, 0.29) is 5.41 Å². The number of hydrogen-bond donors (Lipinski definition) is 1. The van der Waals surface area contributed by atoms with Crippen LogP contribution in [0.25, 0.3) is 0 Å². The second kappa shape index (κ2) is 9.95. The van der Waals surface area contributed by atoms with E-state index in [0.717, 1.165) is 13.1 Å². The number of unbranched alkanes of at least 4 members (excludes halogenated alkanes) is 1. The first-order valence-corrected chi connectivity index (χ1v) is 15.6. The Labute approximate surface area is 227 Å². The number of nitrogens with one attached hydrogen (secondary N) is 1. The van der Waals surface area contributed by atoms with Gasteiger partial charge in [-0.1, -0.05) is 103 Å². The lowest BCUT2D eigenvalue weighted by Gasteiger charge is -2.63. The zero-order chi connectivity index (χ0) is 24.8. The summed E-state index contributed by atoms with van der Waals surface area (Å²) in [5.74, 6) is 1.23. The Bertz CT molecular complexity index is 1250. The summed E-state index contributed by atoms with van der Waals surface area (Å²) >= 11 is 2.18. The van der Waals surface area contributed by atoms with Gasteiger partial charge in [0.05, 0.1) is 0 Å². The molecule has 7 rings (SSSR count). The van der Waals surface area contributed by atoms with Crippen molar-refractivity contribution in [3.8, 4) is 0 Å². The van der Waals surface area contributed by atoms with Gasteiger partial charge < -0.3 is 5.32 Å². The molecule has 0 bridgehead atoms. The van der Waals surface area contributed by atoms with Crippen LogP contribution in [0.1, 0.15) is 50.2 Å². The van der Waals surface area contributed by atoms with Gasteiger partial charge in [-0.05, 0) is 67.8 Å². The van der Waals surface area contributed by atoms with Crippen LogP contribution in [-0.2, 0) is 5.41 Å². The minimum absolute atomic E-state index is 0.0284. The topological polar surface area (TPSA) is 15.3 Å². The van der Waals surface area contributed by atoms with Crippen LogP contribution in [0.4, 0.5) is 0 Å². The first-order chi connectivity index (χ1) is 18.3. The fourth-order valence-electron chi connectivity index (χ4n) is 8.73. The van der Waals surface area contributed by atoms with Crippen LogP contribution in [0.15, 0.2) is 83.8 Å². The third kappa shape index (κ3) is 3.70. The Hall–Kier alpha value is -2.01. The maximum absolute atomic E-state index is 3.88. The highest BCUT2D eigenvalue weighted by molar-refractivity contribution is 8.00. The van der Waals surface area contributed by atoms with Crippen LogP contribution in [0.5, 0.6) is 0 Å². The highest BCUT2D eigenvalue weighted by Crippen LogP contribution is 2.61. The number of benzene rings is 3. The van der Waals surface area contributed by atoms with Crippen molar-refractivity contribution in [3.05, 3.63) is 90.0 Å². The molecule has 4 aliphatic rings. The molecule has 3 aromatic carbocycles. The van der Waals surface area contributed by atoms with Crippen molar-refractivity contribution >= 4 is 29.4 Å². The summed E-state index contributed by atoms with van der Waals surface area (Å²) < 4.78 is 0. The van der Waals surface area contributed by atoms with Crippen LogP contribution < -0.4 is 16.2 Å². The summed E-state index contributed by atoms with van der Waals surface area (Å²) in [6, 6.07) is 31.2. The maximum Gasteiger partial charge on any atom is 0.214 e. The maximum atomic E-state index is 3.88. The number of rotatable bonds is 4. The molecule has 2 fully saturated rings. The number of fused-ring (bicyclic) bond motifs is 8. The van der Waals surface area contributed by atoms with E-state index in [1.54, 1.807) is 21.5 Å². The highest BCUT2D eigenvalue weighted by Gasteiger charge is 2.63. The molecule has 1 N–H and O–H groups in total. The second-order valence-corrected chi connectivity index (χ2v) is 13.0. The molecule has 190 valence electrons. The van der Waals surface area contributed by atoms with Crippen molar-refractivity contribution in [1.29, 1.82) is 0 Å². The summed E-state index contributed by atoms with van der Waals surface area (Å²) in [7, 11) is 0. The van der Waals surface area contributed by atoms with Gasteiger partial charge in [-0.3, -0.25) is 4.90 Å². The summed E-state index contributed by atoms with van der Waals surface area (Å²) in [4.78, 5) is 4.51. The first kappa shape index (κ1) is 24.1. The van der Waals surface area contributed by atoms with Gasteiger partial charge >= 0.3 is 0 Å². The smallest absolute Gasteiger partial charge is 0.214 e. The van der Waals surface area contributed by atoms with Crippen molar-refractivity contribution in [2.75, 3.05) is 26.2 Å².